The van der Waals surface area contributed by atoms with Gasteiger partial charge in [-0.25, -0.2) is 0 Å². The first-order valence-electron chi connectivity index (χ1n) is 11.0. The van der Waals surface area contributed by atoms with E-state index in [1.165, 1.54) is 6.08 Å². The Morgan fingerprint density at radius 1 is 1.20 bits per heavy atom. The molecule has 0 amide bonds. The smallest absolute Gasteiger partial charge is 0.392 e. The van der Waals surface area contributed by atoms with Crippen LogP contribution >= 0.6 is 0 Å². The van der Waals surface area contributed by atoms with Crippen molar-refractivity contribution in [1.29, 1.82) is 0 Å². The summed E-state index contributed by atoms with van der Waals surface area (Å²) < 4.78 is 45.9. The lowest BCUT2D eigenvalue weighted by molar-refractivity contribution is -0.261. The molecule has 6 atom stereocenters. The fourth-order valence-electron chi connectivity index (χ4n) is 4.65. The standard InChI is InChI=1S/C22H35F3O5/c1-2-3-10-21(29,22(23,24)25)11-6-9-17-18-12-16(30-20(18)13-19(17)28)8-5-4-7-15(27)14-26/h6,9,16-20,26,28-29H,2-5,7-8,10-14H2,1H3/t16-,17+,18+,19+,20+,21?/m0/s1. The zero-order valence-electron chi connectivity index (χ0n) is 17.6. The molecule has 1 unspecified atom stereocenters. The number of aliphatic hydroxyl groups excluding tert-OH is 2. The molecule has 8 heteroatoms. The Bertz CT molecular complexity index is 580. The number of ketones is 1. The molecule has 0 radical (unpaired) electrons. The molecule has 0 bridgehead atoms. The highest BCUT2D eigenvalue weighted by Crippen LogP contribution is 2.45. The number of hydrogen-bond acceptors (Lipinski definition) is 5. The highest BCUT2D eigenvalue weighted by atomic mass is 19.4. The Kier molecular flexibility index (Phi) is 9.33. The summed E-state index contributed by atoms with van der Waals surface area (Å²) in [6, 6.07) is 0. The van der Waals surface area contributed by atoms with Gasteiger partial charge < -0.3 is 20.1 Å². The van der Waals surface area contributed by atoms with Gasteiger partial charge in [-0.1, -0.05) is 38.3 Å². The fourth-order valence-corrected chi connectivity index (χ4v) is 4.65. The second kappa shape index (κ2) is 11.1. The van der Waals surface area contributed by atoms with Crippen LogP contribution in [0.25, 0.3) is 0 Å². The van der Waals surface area contributed by atoms with Crippen LogP contribution in [-0.4, -0.2) is 57.8 Å². The number of carbonyl (C=O) groups excluding carboxylic acids is 1. The fraction of sp³-hybridized carbons (Fsp3) is 0.864. The van der Waals surface area contributed by atoms with E-state index in [0.717, 1.165) is 19.3 Å². The minimum Gasteiger partial charge on any atom is -0.392 e. The average molecular weight is 437 g/mol. The van der Waals surface area contributed by atoms with Crippen molar-refractivity contribution in [3.63, 3.8) is 0 Å². The average Bonchev–Trinajstić information content (AvgIpc) is 3.19. The van der Waals surface area contributed by atoms with Gasteiger partial charge in [0.2, 0.25) is 0 Å². The van der Waals surface area contributed by atoms with E-state index in [9.17, 15) is 28.2 Å². The third-order valence-electron chi connectivity index (χ3n) is 6.49. The SMILES string of the molecule is CCCCC(O)(CC=C[C@@H]1[C@H]2C[C@H](CCCCC(=O)CO)O[C@@H]2C[C@H]1O)C(F)(F)F. The summed E-state index contributed by atoms with van der Waals surface area (Å²) in [6.45, 7) is 1.35. The Hall–Kier alpha value is -0.960. The van der Waals surface area contributed by atoms with Crippen LogP contribution in [-0.2, 0) is 9.53 Å². The number of halogens is 3. The van der Waals surface area contributed by atoms with Gasteiger partial charge in [-0.05, 0) is 31.6 Å². The molecule has 1 aliphatic heterocycles. The van der Waals surface area contributed by atoms with Crippen LogP contribution in [0, 0.1) is 11.8 Å². The minimum atomic E-state index is -4.69. The summed E-state index contributed by atoms with van der Waals surface area (Å²) in [7, 11) is 0. The summed E-state index contributed by atoms with van der Waals surface area (Å²) in [5.74, 6) is -0.403. The molecule has 2 aliphatic rings. The second-order valence-electron chi connectivity index (χ2n) is 8.78. The van der Waals surface area contributed by atoms with Crippen molar-refractivity contribution < 1.29 is 38.0 Å². The van der Waals surface area contributed by atoms with Crippen molar-refractivity contribution in [3.8, 4) is 0 Å². The predicted molar refractivity (Wildman–Crippen MR) is 106 cm³/mol. The molecule has 1 aliphatic carbocycles. The zero-order chi connectivity index (χ0) is 22.4. The van der Waals surface area contributed by atoms with E-state index in [2.05, 4.69) is 0 Å². The van der Waals surface area contributed by atoms with Crippen molar-refractivity contribution in [2.45, 2.75) is 101 Å². The maximum absolute atomic E-state index is 13.3. The maximum Gasteiger partial charge on any atom is 0.417 e. The molecule has 2 fully saturated rings. The van der Waals surface area contributed by atoms with E-state index >= 15 is 0 Å². The Labute approximate surface area is 176 Å². The molecule has 3 N–H and O–H groups in total. The van der Waals surface area contributed by atoms with Crippen molar-refractivity contribution in [2.75, 3.05) is 6.61 Å². The van der Waals surface area contributed by atoms with Gasteiger partial charge in [-0.3, -0.25) is 4.79 Å². The van der Waals surface area contributed by atoms with E-state index in [0.29, 0.717) is 32.1 Å². The molecule has 5 nitrogen and oxygen atoms in total. The van der Waals surface area contributed by atoms with Gasteiger partial charge in [0.1, 0.15) is 6.61 Å². The normalized spacial score (nSPS) is 31.2. The van der Waals surface area contributed by atoms with Crippen LogP contribution < -0.4 is 0 Å². The van der Waals surface area contributed by atoms with Crippen LogP contribution in [0.3, 0.4) is 0 Å². The van der Waals surface area contributed by atoms with Crippen LogP contribution in [0.4, 0.5) is 13.2 Å². The summed E-state index contributed by atoms with van der Waals surface area (Å²) in [4.78, 5) is 11.1. The Morgan fingerprint density at radius 3 is 2.57 bits per heavy atom. The zero-order valence-corrected chi connectivity index (χ0v) is 17.6. The summed E-state index contributed by atoms with van der Waals surface area (Å²) >= 11 is 0. The molecule has 1 saturated heterocycles. The molecule has 1 heterocycles. The summed E-state index contributed by atoms with van der Waals surface area (Å²) in [5.41, 5.74) is -2.73. The topological polar surface area (TPSA) is 87.0 Å². The lowest BCUT2D eigenvalue weighted by Crippen LogP contribution is -2.44. The molecular weight excluding hydrogens is 401 g/mol. The molecule has 0 aromatic rings. The van der Waals surface area contributed by atoms with Gasteiger partial charge in [-0.15, -0.1) is 0 Å². The van der Waals surface area contributed by atoms with Crippen molar-refractivity contribution in [3.05, 3.63) is 12.2 Å². The molecule has 174 valence electrons. The highest BCUT2D eigenvalue weighted by Gasteiger charge is 2.52. The first-order valence-corrected chi connectivity index (χ1v) is 11.0. The lowest BCUT2D eigenvalue weighted by Gasteiger charge is -2.29. The van der Waals surface area contributed by atoms with Crippen molar-refractivity contribution in [2.24, 2.45) is 11.8 Å². The monoisotopic (exact) mass is 436 g/mol. The quantitative estimate of drug-likeness (QED) is 0.321. The van der Waals surface area contributed by atoms with E-state index in [1.54, 1.807) is 13.0 Å². The van der Waals surface area contributed by atoms with Gasteiger partial charge in [0.15, 0.2) is 11.4 Å². The third-order valence-corrected chi connectivity index (χ3v) is 6.49. The molecule has 0 spiro atoms. The molecule has 0 aromatic carbocycles. The summed E-state index contributed by atoms with van der Waals surface area (Å²) in [6.07, 6.45) is 1.37. The van der Waals surface area contributed by atoms with Crippen molar-refractivity contribution in [1.82, 2.24) is 0 Å². The van der Waals surface area contributed by atoms with Gasteiger partial charge in [0, 0.05) is 25.2 Å². The molecule has 30 heavy (non-hydrogen) atoms. The Balaban J connectivity index is 1.88. The number of fused-ring (bicyclic) bond motifs is 1. The number of aliphatic hydroxyl groups is 3. The first kappa shape index (κ1) is 25.3. The predicted octanol–water partition coefficient (Wildman–Crippen LogP) is 3.69. The number of Topliss-reactive ketones (excluding diaryl/α,β-unsaturated/α-hetero) is 1. The van der Waals surface area contributed by atoms with Gasteiger partial charge >= 0.3 is 6.18 Å². The summed E-state index contributed by atoms with van der Waals surface area (Å²) in [5, 5.41) is 29.2. The number of carbonyl (C=O) groups is 1. The maximum atomic E-state index is 13.3. The van der Waals surface area contributed by atoms with E-state index in [1.807, 2.05) is 0 Å². The Morgan fingerprint density at radius 2 is 1.93 bits per heavy atom. The van der Waals surface area contributed by atoms with E-state index < -0.39 is 30.9 Å². The second-order valence-corrected chi connectivity index (χ2v) is 8.78. The third kappa shape index (κ3) is 6.52. The van der Waals surface area contributed by atoms with Gasteiger partial charge in [0.05, 0.1) is 18.3 Å². The number of rotatable bonds is 12. The number of unbranched alkanes of at least 4 members (excludes halogenated alkanes) is 2. The highest BCUT2D eigenvalue weighted by molar-refractivity contribution is 5.79. The van der Waals surface area contributed by atoms with Crippen LogP contribution in [0.15, 0.2) is 12.2 Å². The minimum absolute atomic E-state index is 0.0179. The lowest BCUT2D eigenvalue weighted by atomic mass is 9.87. The molecule has 2 rings (SSSR count). The largest absolute Gasteiger partial charge is 0.417 e. The first-order chi connectivity index (χ1) is 14.1. The number of hydrogen-bond donors (Lipinski definition) is 3. The molecule has 0 aromatic heterocycles. The number of ether oxygens (including phenoxy) is 1. The van der Waals surface area contributed by atoms with Crippen LogP contribution in [0.1, 0.15) is 71.1 Å². The van der Waals surface area contributed by atoms with E-state index in [4.69, 9.17) is 9.84 Å². The molecular formula is C22H35F3O5. The van der Waals surface area contributed by atoms with Gasteiger partial charge in [-0.2, -0.15) is 13.2 Å². The van der Waals surface area contributed by atoms with Crippen molar-refractivity contribution >= 4 is 5.78 Å². The van der Waals surface area contributed by atoms with Gasteiger partial charge in [0.25, 0.3) is 0 Å². The molecule has 1 saturated carbocycles. The van der Waals surface area contributed by atoms with E-state index in [-0.39, 0.29) is 36.2 Å². The van der Waals surface area contributed by atoms with Crippen LogP contribution in [0.5, 0.6) is 0 Å². The number of alkyl halides is 3. The van der Waals surface area contributed by atoms with Crippen LogP contribution in [0.2, 0.25) is 0 Å².